The zero-order valence-electron chi connectivity index (χ0n) is 24.2. The molecule has 0 fully saturated rings. The minimum Gasteiger partial charge on any atom is -0.457 e. The van der Waals surface area contributed by atoms with Crippen molar-refractivity contribution in [3.63, 3.8) is 0 Å². The van der Waals surface area contributed by atoms with Crippen molar-refractivity contribution in [2.45, 2.75) is 44.3 Å². The quantitative estimate of drug-likeness (QED) is 0.190. The number of para-hydroxylation sites is 1. The molecule has 2 amide bonds. The van der Waals surface area contributed by atoms with Crippen molar-refractivity contribution in [2.24, 2.45) is 0 Å². The first-order chi connectivity index (χ1) is 20.5. The maximum Gasteiger partial charge on any atom is 0.264 e. The van der Waals surface area contributed by atoms with Crippen LogP contribution in [0.3, 0.4) is 0 Å². The van der Waals surface area contributed by atoms with Crippen LogP contribution in [0.2, 0.25) is 0 Å². The Balaban J connectivity index is 1.69. The molecule has 1 unspecified atom stereocenters. The molecule has 0 spiro atoms. The van der Waals surface area contributed by atoms with Crippen LogP contribution in [0.15, 0.2) is 119 Å². The molecule has 0 heterocycles. The van der Waals surface area contributed by atoms with E-state index < -0.39 is 28.5 Å². The van der Waals surface area contributed by atoms with Crippen molar-refractivity contribution in [1.82, 2.24) is 10.2 Å². The summed E-state index contributed by atoms with van der Waals surface area (Å²) in [5, 5.41) is 2.85. The smallest absolute Gasteiger partial charge is 0.264 e. The van der Waals surface area contributed by atoms with E-state index in [9.17, 15) is 18.0 Å². The number of carbonyl (C=O) groups excluding carboxylic acids is 2. The van der Waals surface area contributed by atoms with E-state index in [1.54, 1.807) is 49.4 Å². The van der Waals surface area contributed by atoms with Crippen molar-refractivity contribution < 1.29 is 22.7 Å². The molecule has 0 bridgehead atoms. The van der Waals surface area contributed by atoms with E-state index in [2.05, 4.69) is 21.2 Å². The number of hydrogen-bond acceptors (Lipinski definition) is 5. The van der Waals surface area contributed by atoms with Gasteiger partial charge in [-0.15, -0.1) is 0 Å². The molecule has 0 aliphatic carbocycles. The van der Waals surface area contributed by atoms with Gasteiger partial charge in [0.15, 0.2) is 0 Å². The van der Waals surface area contributed by atoms with Gasteiger partial charge < -0.3 is 15.0 Å². The fraction of sp³-hybridized carbons (Fsp3) is 0.212. The Morgan fingerprint density at radius 3 is 2.02 bits per heavy atom. The number of rotatable bonds is 12. The van der Waals surface area contributed by atoms with Crippen molar-refractivity contribution >= 4 is 43.5 Å². The Hall–Kier alpha value is -4.15. The predicted octanol–water partition coefficient (Wildman–Crippen LogP) is 6.38. The van der Waals surface area contributed by atoms with E-state index in [-0.39, 0.29) is 29.1 Å². The lowest BCUT2D eigenvalue weighted by Gasteiger charge is -2.32. The van der Waals surface area contributed by atoms with Crippen LogP contribution >= 0.6 is 15.9 Å². The van der Waals surface area contributed by atoms with Gasteiger partial charge in [-0.3, -0.25) is 13.9 Å². The van der Waals surface area contributed by atoms with Gasteiger partial charge in [0.25, 0.3) is 10.0 Å². The third kappa shape index (κ3) is 8.46. The number of nitrogens with zero attached hydrogens (tertiary/aromatic N) is 2. The molecule has 1 N–H and O–H groups in total. The number of halogens is 1. The summed E-state index contributed by atoms with van der Waals surface area (Å²) in [7, 11) is -4.16. The lowest BCUT2D eigenvalue weighted by atomic mass is 10.1. The van der Waals surface area contributed by atoms with Gasteiger partial charge in [-0.1, -0.05) is 64.5 Å². The summed E-state index contributed by atoms with van der Waals surface area (Å²) in [6.07, 6.45) is 0. The molecule has 0 saturated carbocycles. The summed E-state index contributed by atoms with van der Waals surface area (Å²) in [5.74, 6) is 0.276. The second kappa shape index (κ2) is 14.3. The zero-order valence-corrected chi connectivity index (χ0v) is 26.6. The molecule has 4 aromatic rings. The van der Waals surface area contributed by atoms with Crippen molar-refractivity contribution in [3.8, 4) is 11.5 Å². The lowest BCUT2D eigenvalue weighted by molar-refractivity contribution is -0.139. The normalized spacial score (nSPS) is 11.9. The number of carbonyl (C=O) groups is 2. The van der Waals surface area contributed by atoms with Crippen LogP contribution in [-0.4, -0.2) is 43.8 Å². The van der Waals surface area contributed by atoms with Gasteiger partial charge in [-0.05, 0) is 87.0 Å². The molecule has 4 rings (SSSR count). The van der Waals surface area contributed by atoms with Crippen LogP contribution in [0.4, 0.5) is 5.69 Å². The third-order valence-corrected chi connectivity index (χ3v) is 8.84. The first kappa shape index (κ1) is 31.8. The Kier molecular flexibility index (Phi) is 10.6. The average molecular weight is 665 g/mol. The highest BCUT2D eigenvalue weighted by Gasteiger charge is 2.32. The molecule has 224 valence electrons. The molecular weight excluding hydrogens is 630 g/mol. The van der Waals surface area contributed by atoms with Crippen LogP contribution in [0.25, 0.3) is 0 Å². The zero-order chi connectivity index (χ0) is 31.0. The largest absolute Gasteiger partial charge is 0.457 e. The number of ether oxygens (including phenoxy) is 1. The van der Waals surface area contributed by atoms with Gasteiger partial charge in [0.2, 0.25) is 11.8 Å². The first-order valence-electron chi connectivity index (χ1n) is 13.8. The minimum atomic E-state index is -4.16. The summed E-state index contributed by atoms with van der Waals surface area (Å²) >= 11 is 3.46. The highest BCUT2D eigenvalue weighted by Crippen LogP contribution is 2.28. The number of anilines is 1. The summed E-state index contributed by atoms with van der Waals surface area (Å²) < 4.78 is 35.7. The molecule has 10 heteroatoms. The topological polar surface area (TPSA) is 96.0 Å². The number of amides is 2. The Morgan fingerprint density at radius 1 is 0.814 bits per heavy atom. The summed E-state index contributed by atoms with van der Waals surface area (Å²) in [6, 6.07) is 30.1. The molecule has 0 aliphatic heterocycles. The maximum absolute atomic E-state index is 14.0. The molecule has 0 aromatic heterocycles. The van der Waals surface area contributed by atoms with Crippen LogP contribution in [0.5, 0.6) is 11.5 Å². The Morgan fingerprint density at radius 2 is 1.42 bits per heavy atom. The lowest BCUT2D eigenvalue weighted by Crippen LogP contribution is -2.52. The second-order valence-corrected chi connectivity index (χ2v) is 13.0. The van der Waals surface area contributed by atoms with Crippen molar-refractivity contribution in [1.29, 1.82) is 0 Å². The summed E-state index contributed by atoms with van der Waals surface area (Å²) in [6.45, 7) is 4.89. The molecule has 0 aliphatic rings. The minimum absolute atomic E-state index is 0.0385. The average Bonchev–Trinajstić information content (AvgIpc) is 2.99. The van der Waals surface area contributed by atoms with Gasteiger partial charge >= 0.3 is 0 Å². The number of sulfonamides is 1. The van der Waals surface area contributed by atoms with E-state index in [1.165, 1.54) is 17.0 Å². The third-order valence-electron chi connectivity index (χ3n) is 6.55. The van der Waals surface area contributed by atoms with Gasteiger partial charge in [0, 0.05) is 17.1 Å². The molecule has 43 heavy (non-hydrogen) atoms. The fourth-order valence-electron chi connectivity index (χ4n) is 4.37. The molecule has 1 atom stereocenters. The van der Waals surface area contributed by atoms with Gasteiger partial charge in [0.1, 0.15) is 24.1 Å². The second-order valence-electron chi connectivity index (χ2n) is 10.2. The van der Waals surface area contributed by atoms with Crippen LogP contribution in [-0.2, 0) is 26.2 Å². The standard InChI is InChI=1S/C33H34BrN3O5S/c1-24(2)35-33(39)25(3)36(22-26-11-10-12-27(34)21-26)32(38)23-37(43(40,41)31-15-8-5-9-16-31)28-17-19-30(20-18-28)42-29-13-6-4-7-14-29/h4-21,24-25H,22-23H2,1-3H3,(H,35,39). The highest BCUT2D eigenvalue weighted by atomic mass is 79.9. The molecule has 4 aromatic carbocycles. The number of hydrogen-bond donors (Lipinski definition) is 1. The molecular formula is C33H34BrN3O5S. The van der Waals surface area contributed by atoms with Gasteiger partial charge in [-0.2, -0.15) is 0 Å². The molecule has 0 saturated heterocycles. The van der Waals surface area contributed by atoms with Gasteiger partial charge in [-0.25, -0.2) is 8.42 Å². The van der Waals surface area contributed by atoms with E-state index in [0.29, 0.717) is 11.5 Å². The summed E-state index contributed by atoms with van der Waals surface area (Å²) in [4.78, 5) is 28.5. The SMILES string of the molecule is CC(C)NC(=O)C(C)N(Cc1cccc(Br)c1)C(=O)CN(c1ccc(Oc2ccccc2)cc1)S(=O)(=O)c1ccccc1. The van der Waals surface area contributed by atoms with E-state index in [0.717, 1.165) is 14.3 Å². The fourth-order valence-corrected chi connectivity index (χ4v) is 6.26. The van der Waals surface area contributed by atoms with Crippen LogP contribution < -0.4 is 14.4 Å². The van der Waals surface area contributed by atoms with Crippen LogP contribution in [0, 0.1) is 0 Å². The molecule has 0 radical (unpaired) electrons. The monoisotopic (exact) mass is 663 g/mol. The predicted molar refractivity (Wildman–Crippen MR) is 171 cm³/mol. The van der Waals surface area contributed by atoms with Gasteiger partial charge in [0.05, 0.1) is 10.6 Å². The summed E-state index contributed by atoms with van der Waals surface area (Å²) in [5.41, 5.74) is 1.06. The van der Waals surface area contributed by atoms with E-state index in [1.807, 2.05) is 68.4 Å². The number of nitrogens with one attached hydrogen (secondary N) is 1. The van der Waals surface area contributed by atoms with Crippen molar-refractivity contribution in [3.05, 3.63) is 119 Å². The van der Waals surface area contributed by atoms with Crippen LogP contribution in [0.1, 0.15) is 26.3 Å². The van der Waals surface area contributed by atoms with E-state index in [4.69, 9.17) is 4.74 Å². The highest BCUT2D eigenvalue weighted by molar-refractivity contribution is 9.10. The maximum atomic E-state index is 14.0. The van der Waals surface area contributed by atoms with Crippen molar-refractivity contribution in [2.75, 3.05) is 10.8 Å². The Labute approximate surface area is 261 Å². The number of benzene rings is 4. The van der Waals surface area contributed by atoms with E-state index >= 15 is 0 Å². The Bertz CT molecular complexity index is 1630. The molecule has 8 nitrogen and oxygen atoms in total. The first-order valence-corrected chi connectivity index (χ1v) is 16.0.